The fraction of sp³-hybridized carbons (Fsp3) is 0.214. The maximum absolute atomic E-state index is 14.3. The van der Waals surface area contributed by atoms with E-state index in [9.17, 15) is 19.2 Å². The summed E-state index contributed by atoms with van der Waals surface area (Å²) in [5, 5.41) is 21.9. The summed E-state index contributed by atoms with van der Waals surface area (Å²) in [4.78, 5) is 26.4. The molecule has 2 aromatic heterocycles. The van der Waals surface area contributed by atoms with E-state index < -0.39 is 11.7 Å². The van der Waals surface area contributed by atoms with Crippen molar-refractivity contribution in [3.8, 4) is 23.3 Å². The number of aromatic nitrogens is 1. The van der Waals surface area contributed by atoms with E-state index in [0.717, 1.165) is 32.1 Å². The second-order valence-electron chi connectivity index (χ2n) is 8.85. The Kier molecular flexibility index (Phi) is 6.10. The van der Waals surface area contributed by atoms with E-state index in [1.807, 2.05) is 12.1 Å². The molecule has 178 valence electrons. The molecule has 1 N–H and O–H groups in total. The first-order valence-corrected chi connectivity index (χ1v) is 11.7. The standard InChI is InChI=1S/C28H21FN4O3/c29-20-9-10-24-23(13-20)25(26(36-24)27(34)32-21-6-4-5-17(11-21)14-30)19-12-18(15-31)28(35)33(16-19)22-7-2-1-3-8-22/h4-6,9-13,16,22H,1-3,7-8H2,(H,32,34). The second-order valence-corrected chi connectivity index (χ2v) is 8.85. The molecular weight excluding hydrogens is 459 g/mol. The third-order valence-corrected chi connectivity index (χ3v) is 6.53. The van der Waals surface area contributed by atoms with Crippen molar-refractivity contribution in [2.45, 2.75) is 38.1 Å². The lowest BCUT2D eigenvalue weighted by Crippen LogP contribution is -2.28. The Morgan fingerprint density at radius 2 is 1.86 bits per heavy atom. The van der Waals surface area contributed by atoms with Crippen LogP contribution in [0.4, 0.5) is 10.1 Å². The van der Waals surface area contributed by atoms with E-state index in [1.165, 1.54) is 30.3 Å². The number of pyridine rings is 1. The third kappa shape index (κ3) is 4.25. The number of amides is 1. The highest BCUT2D eigenvalue weighted by Crippen LogP contribution is 2.37. The molecule has 5 rings (SSSR count). The summed E-state index contributed by atoms with van der Waals surface area (Å²) >= 11 is 0. The molecule has 0 bridgehead atoms. The first-order valence-electron chi connectivity index (χ1n) is 11.7. The lowest BCUT2D eigenvalue weighted by molar-refractivity contribution is 0.0999. The summed E-state index contributed by atoms with van der Waals surface area (Å²) < 4.78 is 21.7. The Balaban J connectivity index is 1.68. The van der Waals surface area contributed by atoms with E-state index in [0.29, 0.717) is 27.8 Å². The first kappa shape index (κ1) is 23.1. The summed E-state index contributed by atoms with van der Waals surface area (Å²) in [6, 6.07) is 15.7. The van der Waals surface area contributed by atoms with Gasteiger partial charge in [-0.1, -0.05) is 25.3 Å². The fourth-order valence-electron chi connectivity index (χ4n) is 4.82. The summed E-state index contributed by atoms with van der Waals surface area (Å²) in [7, 11) is 0. The maximum Gasteiger partial charge on any atom is 0.292 e. The van der Waals surface area contributed by atoms with Crippen LogP contribution in [0.1, 0.15) is 59.8 Å². The first-order chi connectivity index (χ1) is 17.5. The summed E-state index contributed by atoms with van der Waals surface area (Å²) in [6.07, 6.45) is 6.34. The Morgan fingerprint density at radius 1 is 1.06 bits per heavy atom. The van der Waals surface area contributed by atoms with Gasteiger partial charge in [-0.05, 0) is 55.3 Å². The zero-order valence-corrected chi connectivity index (χ0v) is 19.3. The topological polar surface area (TPSA) is 112 Å². The van der Waals surface area contributed by atoms with Crippen molar-refractivity contribution in [1.29, 1.82) is 10.5 Å². The van der Waals surface area contributed by atoms with Crippen molar-refractivity contribution in [2.24, 2.45) is 0 Å². The molecule has 8 heteroatoms. The molecule has 1 aliphatic rings. The number of hydrogen-bond donors (Lipinski definition) is 1. The van der Waals surface area contributed by atoms with Crippen LogP contribution >= 0.6 is 0 Å². The largest absolute Gasteiger partial charge is 0.450 e. The lowest BCUT2D eigenvalue weighted by atomic mass is 9.94. The Bertz CT molecular complexity index is 1630. The predicted octanol–water partition coefficient (Wildman–Crippen LogP) is 5.90. The van der Waals surface area contributed by atoms with Crippen molar-refractivity contribution in [3.63, 3.8) is 0 Å². The van der Waals surface area contributed by atoms with Gasteiger partial charge >= 0.3 is 0 Å². The smallest absolute Gasteiger partial charge is 0.292 e. The minimum absolute atomic E-state index is 0.0563. The van der Waals surface area contributed by atoms with Gasteiger partial charge in [0, 0.05) is 34.4 Å². The molecule has 1 amide bonds. The zero-order valence-electron chi connectivity index (χ0n) is 19.3. The third-order valence-electron chi connectivity index (χ3n) is 6.53. The SMILES string of the molecule is N#Cc1cccc(NC(=O)c2oc3ccc(F)cc3c2-c2cc(C#N)c(=O)n(C3CCCCC3)c2)c1. The van der Waals surface area contributed by atoms with Gasteiger partial charge in [-0.25, -0.2) is 4.39 Å². The van der Waals surface area contributed by atoms with Gasteiger partial charge in [0.1, 0.15) is 23.0 Å². The number of hydrogen-bond acceptors (Lipinski definition) is 5. The van der Waals surface area contributed by atoms with Crippen LogP contribution in [-0.4, -0.2) is 10.5 Å². The van der Waals surface area contributed by atoms with Gasteiger partial charge < -0.3 is 14.3 Å². The number of nitrogens with one attached hydrogen (secondary N) is 1. The normalized spacial score (nSPS) is 13.8. The second kappa shape index (κ2) is 9.52. The number of nitriles is 2. The van der Waals surface area contributed by atoms with E-state index >= 15 is 0 Å². The van der Waals surface area contributed by atoms with Crippen molar-refractivity contribution in [1.82, 2.24) is 4.57 Å². The molecule has 0 aliphatic heterocycles. The maximum atomic E-state index is 14.3. The molecule has 0 spiro atoms. The Labute approximate surface area is 206 Å². The van der Waals surface area contributed by atoms with Crippen LogP contribution in [0.5, 0.6) is 0 Å². The molecule has 0 unspecified atom stereocenters. The fourth-order valence-corrected chi connectivity index (χ4v) is 4.82. The van der Waals surface area contributed by atoms with Crippen LogP contribution in [-0.2, 0) is 0 Å². The predicted molar refractivity (Wildman–Crippen MR) is 132 cm³/mol. The van der Waals surface area contributed by atoms with Gasteiger partial charge in [0.2, 0.25) is 5.76 Å². The minimum Gasteiger partial charge on any atom is -0.450 e. The van der Waals surface area contributed by atoms with Crippen LogP contribution in [0.2, 0.25) is 0 Å². The number of fused-ring (bicyclic) bond motifs is 1. The molecule has 1 aliphatic carbocycles. The molecule has 1 fully saturated rings. The van der Waals surface area contributed by atoms with Gasteiger partial charge in [0.05, 0.1) is 11.6 Å². The number of halogens is 1. The van der Waals surface area contributed by atoms with E-state index in [4.69, 9.17) is 9.68 Å². The number of nitrogens with zero attached hydrogens (tertiary/aromatic N) is 3. The van der Waals surface area contributed by atoms with Crippen molar-refractivity contribution in [3.05, 3.63) is 87.8 Å². The van der Waals surface area contributed by atoms with Crippen LogP contribution in [0.15, 0.2) is 63.9 Å². The van der Waals surface area contributed by atoms with Crippen molar-refractivity contribution < 1.29 is 13.6 Å². The molecular formula is C28H21FN4O3. The van der Waals surface area contributed by atoms with Gasteiger partial charge in [-0.3, -0.25) is 9.59 Å². The van der Waals surface area contributed by atoms with Crippen molar-refractivity contribution >= 4 is 22.6 Å². The van der Waals surface area contributed by atoms with Gasteiger partial charge in [0.15, 0.2) is 0 Å². The molecule has 2 heterocycles. The minimum atomic E-state index is -0.606. The van der Waals surface area contributed by atoms with Gasteiger partial charge in [-0.2, -0.15) is 10.5 Å². The average Bonchev–Trinajstić information content (AvgIpc) is 3.28. The molecule has 2 aromatic carbocycles. The number of carbonyl (C=O) groups is 1. The van der Waals surface area contributed by atoms with E-state index in [-0.39, 0.29) is 28.5 Å². The number of furan rings is 1. The number of rotatable bonds is 4. The van der Waals surface area contributed by atoms with Crippen LogP contribution in [0, 0.1) is 28.5 Å². The highest BCUT2D eigenvalue weighted by atomic mass is 19.1. The highest BCUT2D eigenvalue weighted by molar-refractivity contribution is 6.12. The van der Waals surface area contributed by atoms with E-state index in [2.05, 4.69) is 5.32 Å². The monoisotopic (exact) mass is 480 g/mol. The molecule has 36 heavy (non-hydrogen) atoms. The molecule has 1 saturated carbocycles. The van der Waals surface area contributed by atoms with Crippen LogP contribution in [0.25, 0.3) is 22.1 Å². The lowest BCUT2D eigenvalue weighted by Gasteiger charge is -2.24. The number of anilines is 1. The van der Waals surface area contributed by atoms with Crippen molar-refractivity contribution in [2.75, 3.05) is 5.32 Å². The van der Waals surface area contributed by atoms with Crippen LogP contribution in [0.3, 0.4) is 0 Å². The number of carbonyl (C=O) groups excluding carboxylic acids is 1. The molecule has 0 atom stereocenters. The Hall–Kier alpha value is -4.69. The molecule has 0 radical (unpaired) electrons. The van der Waals surface area contributed by atoms with Gasteiger partial charge in [0.25, 0.3) is 11.5 Å². The van der Waals surface area contributed by atoms with Gasteiger partial charge in [-0.15, -0.1) is 0 Å². The molecule has 4 aromatic rings. The quantitative estimate of drug-likeness (QED) is 0.391. The summed E-state index contributed by atoms with van der Waals surface area (Å²) in [5.74, 6) is -1.21. The molecule has 0 saturated heterocycles. The Morgan fingerprint density at radius 3 is 2.61 bits per heavy atom. The molecule has 7 nitrogen and oxygen atoms in total. The average molecular weight is 480 g/mol. The summed E-state index contributed by atoms with van der Waals surface area (Å²) in [5.41, 5.74) is 1.32. The van der Waals surface area contributed by atoms with E-state index in [1.54, 1.807) is 29.0 Å². The number of benzene rings is 2. The zero-order chi connectivity index (χ0) is 25.2. The highest BCUT2D eigenvalue weighted by Gasteiger charge is 2.26. The van der Waals surface area contributed by atoms with Crippen LogP contribution < -0.4 is 10.9 Å². The summed E-state index contributed by atoms with van der Waals surface area (Å²) in [6.45, 7) is 0.